The fraction of sp³-hybridized carbons (Fsp3) is 0.667. The molecule has 0 spiro atoms. The lowest BCUT2D eigenvalue weighted by Crippen LogP contribution is -2.28. The van der Waals surface area contributed by atoms with Gasteiger partial charge in [0.25, 0.3) is 0 Å². The van der Waals surface area contributed by atoms with Crippen molar-refractivity contribution in [1.29, 1.82) is 0 Å². The van der Waals surface area contributed by atoms with Gasteiger partial charge in [-0.15, -0.1) is 0 Å². The summed E-state index contributed by atoms with van der Waals surface area (Å²) in [7, 11) is 0. The molecule has 0 aliphatic carbocycles. The fourth-order valence-corrected chi connectivity index (χ4v) is 2.88. The van der Waals surface area contributed by atoms with Gasteiger partial charge in [0.1, 0.15) is 5.75 Å². The van der Waals surface area contributed by atoms with Crippen LogP contribution < -0.4 is 15.0 Å². The number of nitrogens with zero attached hydrogens (tertiary/aromatic N) is 1. The molecule has 0 radical (unpaired) electrons. The van der Waals surface area contributed by atoms with Crippen LogP contribution in [0.15, 0.2) is 18.2 Å². The van der Waals surface area contributed by atoms with Crippen molar-refractivity contribution in [3.8, 4) is 5.75 Å². The van der Waals surface area contributed by atoms with E-state index in [1.165, 1.54) is 36.9 Å². The highest BCUT2D eigenvalue weighted by Gasteiger charge is 2.12. The van der Waals surface area contributed by atoms with Crippen LogP contribution in [-0.2, 0) is 0 Å². The van der Waals surface area contributed by atoms with Crippen LogP contribution >= 0.6 is 0 Å². The van der Waals surface area contributed by atoms with E-state index in [4.69, 9.17) is 4.74 Å². The van der Waals surface area contributed by atoms with Gasteiger partial charge in [0.2, 0.25) is 0 Å². The summed E-state index contributed by atoms with van der Waals surface area (Å²) in [6.45, 7) is 9.72. The highest BCUT2D eigenvalue weighted by Crippen LogP contribution is 2.25. The Bertz CT molecular complexity index is 412. The zero-order chi connectivity index (χ0) is 14.9. The summed E-state index contributed by atoms with van der Waals surface area (Å²) < 4.78 is 5.87. The Morgan fingerprint density at radius 1 is 1.14 bits per heavy atom. The van der Waals surface area contributed by atoms with Gasteiger partial charge in [0.05, 0.1) is 6.61 Å². The van der Waals surface area contributed by atoms with Crippen molar-refractivity contribution in [1.82, 2.24) is 5.32 Å². The highest BCUT2D eigenvalue weighted by molar-refractivity contribution is 5.56. The number of hydrogen-bond acceptors (Lipinski definition) is 3. The van der Waals surface area contributed by atoms with Gasteiger partial charge in [-0.3, -0.25) is 0 Å². The molecule has 1 N–H and O–H groups in total. The van der Waals surface area contributed by atoms with E-state index in [0.29, 0.717) is 0 Å². The van der Waals surface area contributed by atoms with Crippen molar-refractivity contribution in [2.24, 2.45) is 0 Å². The molecule has 1 saturated heterocycles. The first kappa shape index (κ1) is 16.2. The number of rotatable bonds is 7. The molecule has 0 atom stereocenters. The van der Waals surface area contributed by atoms with Crippen molar-refractivity contribution < 1.29 is 4.74 Å². The summed E-state index contributed by atoms with van der Waals surface area (Å²) >= 11 is 0. The molecule has 1 aliphatic heterocycles. The summed E-state index contributed by atoms with van der Waals surface area (Å²) in [5.41, 5.74) is 2.68. The molecule has 0 bridgehead atoms. The van der Waals surface area contributed by atoms with Crippen LogP contribution in [0.3, 0.4) is 0 Å². The molecule has 2 rings (SSSR count). The van der Waals surface area contributed by atoms with E-state index in [2.05, 4.69) is 42.3 Å². The number of ether oxygens (including phenoxy) is 1. The maximum atomic E-state index is 5.87. The van der Waals surface area contributed by atoms with Crippen molar-refractivity contribution >= 4 is 5.69 Å². The number of unbranched alkanes of at least 4 members (excludes halogenated alkanes) is 3. The zero-order valence-electron chi connectivity index (χ0n) is 13.7. The van der Waals surface area contributed by atoms with Gasteiger partial charge in [0.15, 0.2) is 0 Å². The predicted octanol–water partition coefficient (Wildman–Crippen LogP) is 3.75. The van der Waals surface area contributed by atoms with E-state index in [1.54, 1.807) is 0 Å². The first-order chi connectivity index (χ1) is 10.3. The van der Waals surface area contributed by atoms with Gasteiger partial charge in [-0.05, 0) is 50.1 Å². The molecule has 0 unspecified atom stereocenters. The van der Waals surface area contributed by atoms with Crippen LogP contribution in [0, 0.1) is 6.92 Å². The third kappa shape index (κ3) is 5.24. The van der Waals surface area contributed by atoms with Crippen LogP contribution in [0.5, 0.6) is 5.75 Å². The molecule has 1 aliphatic rings. The number of hydrogen-bond donors (Lipinski definition) is 1. The van der Waals surface area contributed by atoms with Gasteiger partial charge >= 0.3 is 0 Å². The summed E-state index contributed by atoms with van der Waals surface area (Å²) in [6, 6.07) is 6.54. The minimum Gasteiger partial charge on any atom is -0.494 e. The Morgan fingerprint density at radius 2 is 2.05 bits per heavy atom. The Hall–Kier alpha value is -1.22. The molecule has 1 aromatic carbocycles. The van der Waals surface area contributed by atoms with E-state index in [1.807, 2.05) is 0 Å². The van der Waals surface area contributed by atoms with E-state index >= 15 is 0 Å². The zero-order valence-corrected chi connectivity index (χ0v) is 13.7. The molecular formula is C18H30N2O. The molecule has 1 aromatic rings. The van der Waals surface area contributed by atoms with Crippen LogP contribution in [0.4, 0.5) is 5.69 Å². The van der Waals surface area contributed by atoms with Crippen LogP contribution in [0.1, 0.15) is 44.6 Å². The van der Waals surface area contributed by atoms with Gasteiger partial charge < -0.3 is 15.0 Å². The number of anilines is 1. The SMILES string of the molecule is CCCCCCOc1ccc(N2CCCNCC2)c(C)c1. The monoisotopic (exact) mass is 290 g/mol. The second-order valence-corrected chi connectivity index (χ2v) is 5.95. The topological polar surface area (TPSA) is 24.5 Å². The number of nitrogens with one attached hydrogen (secondary N) is 1. The van der Waals surface area contributed by atoms with Crippen LogP contribution in [0.2, 0.25) is 0 Å². The Kier molecular flexibility index (Phi) is 6.87. The summed E-state index contributed by atoms with van der Waals surface area (Å²) in [4.78, 5) is 2.49. The fourth-order valence-electron chi connectivity index (χ4n) is 2.88. The number of benzene rings is 1. The van der Waals surface area contributed by atoms with Gasteiger partial charge in [-0.2, -0.15) is 0 Å². The van der Waals surface area contributed by atoms with E-state index in [-0.39, 0.29) is 0 Å². The van der Waals surface area contributed by atoms with Gasteiger partial charge in [-0.1, -0.05) is 26.2 Å². The minimum atomic E-state index is 0.840. The highest BCUT2D eigenvalue weighted by atomic mass is 16.5. The molecule has 1 heterocycles. The van der Waals surface area contributed by atoms with E-state index < -0.39 is 0 Å². The predicted molar refractivity (Wildman–Crippen MR) is 90.5 cm³/mol. The third-order valence-electron chi connectivity index (χ3n) is 4.12. The smallest absolute Gasteiger partial charge is 0.119 e. The average molecular weight is 290 g/mol. The molecular weight excluding hydrogens is 260 g/mol. The second kappa shape index (κ2) is 8.93. The van der Waals surface area contributed by atoms with Gasteiger partial charge in [0, 0.05) is 25.3 Å². The van der Waals surface area contributed by atoms with Crippen molar-refractivity contribution in [3.63, 3.8) is 0 Å². The molecule has 3 heteroatoms. The number of aryl methyl sites for hydroxylation is 1. The van der Waals surface area contributed by atoms with Crippen LogP contribution in [-0.4, -0.2) is 32.8 Å². The Balaban J connectivity index is 1.87. The van der Waals surface area contributed by atoms with Gasteiger partial charge in [-0.25, -0.2) is 0 Å². The quantitative estimate of drug-likeness (QED) is 0.774. The van der Waals surface area contributed by atoms with E-state index in [0.717, 1.165) is 45.0 Å². The normalized spacial score (nSPS) is 15.8. The summed E-state index contributed by atoms with van der Waals surface area (Å²) in [5, 5.41) is 3.46. The van der Waals surface area contributed by atoms with Crippen molar-refractivity contribution in [2.45, 2.75) is 46.0 Å². The van der Waals surface area contributed by atoms with Crippen LogP contribution in [0.25, 0.3) is 0 Å². The van der Waals surface area contributed by atoms with Crippen molar-refractivity contribution in [2.75, 3.05) is 37.7 Å². The molecule has 1 fully saturated rings. The largest absolute Gasteiger partial charge is 0.494 e. The lowest BCUT2D eigenvalue weighted by atomic mass is 10.1. The first-order valence-corrected chi connectivity index (χ1v) is 8.50. The van der Waals surface area contributed by atoms with E-state index in [9.17, 15) is 0 Å². The Morgan fingerprint density at radius 3 is 2.86 bits per heavy atom. The molecule has 0 amide bonds. The first-order valence-electron chi connectivity index (χ1n) is 8.50. The lowest BCUT2D eigenvalue weighted by molar-refractivity contribution is 0.305. The summed E-state index contributed by atoms with van der Waals surface area (Å²) in [6.07, 6.45) is 6.23. The molecule has 21 heavy (non-hydrogen) atoms. The third-order valence-corrected chi connectivity index (χ3v) is 4.12. The molecule has 0 saturated carbocycles. The maximum Gasteiger partial charge on any atom is 0.119 e. The maximum absolute atomic E-state index is 5.87. The van der Waals surface area contributed by atoms with Crippen molar-refractivity contribution in [3.05, 3.63) is 23.8 Å². The molecule has 118 valence electrons. The Labute approximate surface area is 129 Å². The second-order valence-electron chi connectivity index (χ2n) is 5.95. The molecule has 0 aromatic heterocycles. The minimum absolute atomic E-state index is 0.840. The average Bonchev–Trinajstić information content (AvgIpc) is 2.76. The molecule has 3 nitrogen and oxygen atoms in total. The lowest BCUT2D eigenvalue weighted by Gasteiger charge is -2.24. The standard InChI is InChI=1S/C18H30N2O/c1-3-4-5-6-14-21-17-8-9-18(16(2)15-17)20-12-7-10-19-11-13-20/h8-9,15,19H,3-7,10-14H2,1-2H3. The summed E-state index contributed by atoms with van der Waals surface area (Å²) in [5.74, 6) is 1.01.